The molecule has 27 heavy (non-hydrogen) atoms. The number of ether oxygens (including phenoxy) is 1. The zero-order chi connectivity index (χ0) is 19.2. The second kappa shape index (κ2) is 8.62. The number of benzene rings is 1. The Morgan fingerprint density at radius 3 is 2.41 bits per heavy atom. The first-order valence-corrected chi connectivity index (χ1v) is 9.18. The average molecular weight is 368 g/mol. The molecule has 1 fully saturated rings. The Balaban J connectivity index is 1.54. The Labute approximate surface area is 158 Å². The Kier molecular flexibility index (Phi) is 6.01. The molecule has 1 N–H and O–H groups in total. The first-order valence-electron chi connectivity index (χ1n) is 9.18. The lowest BCUT2D eigenvalue weighted by Crippen LogP contribution is -2.30. The van der Waals surface area contributed by atoms with E-state index in [9.17, 15) is 9.59 Å². The van der Waals surface area contributed by atoms with Crippen molar-refractivity contribution in [3.63, 3.8) is 0 Å². The lowest BCUT2D eigenvalue weighted by atomic mass is 10.1. The summed E-state index contributed by atoms with van der Waals surface area (Å²) < 4.78 is 5.17. The van der Waals surface area contributed by atoms with Crippen LogP contribution in [0.25, 0.3) is 0 Å². The third-order valence-electron chi connectivity index (χ3n) is 4.50. The SMILES string of the molecule is Cc1cnc(C(=O)O[C@H](C)C(=O)Nc2ccc(N3CCCCC3)cc2)cn1. The highest BCUT2D eigenvalue weighted by atomic mass is 16.5. The van der Waals surface area contributed by atoms with Crippen molar-refractivity contribution in [2.24, 2.45) is 0 Å². The van der Waals surface area contributed by atoms with E-state index < -0.39 is 18.0 Å². The van der Waals surface area contributed by atoms with Crippen molar-refractivity contribution in [2.45, 2.75) is 39.2 Å². The van der Waals surface area contributed by atoms with E-state index in [0.717, 1.165) is 18.8 Å². The number of hydrogen-bond donors (Lipinski definition) is 1. The zero-order valence-corrected chi connectivity index (χ0v) is 15.6. The molecule has 0 saturated carbocycles. The lowest BCUT2D eigenvalue weighted by Gasteiger charge is -2.28. The van der Waals surface area contributed by atoms with Gasteiger partial charge in [0, 0.05) is 30.7 Å². The van der Waals surface area contributed by atoms with Crippen LogP contribution in [0.5, 0.6) is 0 Å². The van der Waals surface area contributed by atoms with Gasteiger partial charge in [0.2, 0.25) is 0 Å². The fourth-order valence-electron chi connectivity index (χ4n) is 2.92. The van der Waals surface area contributed by atoms with Gasteiger partial charge < -0.3 is 15.0 Å². The van der Waals surface area contributed by atoms with Gasteiger partial charge in [-0.05, 0) is 57.4 Å². The molecule has 1 aliphatic heterocycles. The molecule has 1 amide bonds. The van der Waals surface area contributed by atoms with Crippen molar-refractivity contribution >= 4 is 23.3 Å². The maximum atomic E-state index is 12.3. The van der Waals surface area contributed by atoms with Crippen molar-refractivity contribution < 1.29 is 14.3 Å². The number of hydrogen-bond acceptors (Lipinski definition) is 6. The minimum Gasteiger partial charge on any atom is -0.448 e. The van der Waals surface area contributed by atoms with E-state index >= 15 is 0 Å². The molecule has 0 spiro atoms. The van der Waals surface area contributed by atoms with Gasteiger partial charge in [0.1, 0.15) is 0 Å². The lowest BCUT2D eigenvalue weighted by molar-refractivity contribution is -0.123. The highest BCUT2D eigenvalue weighted by molar-refractivity contribution is 5.96. The zero-order valence-electron chi connectivity index (χ0n) is 15.6. The normalized spacial score (nSPS) is 15.1. The molecular formula is C20H24N4O3. The molecule has 1 aromatic heterocycles. The van der Waals surface area contributed by atoms with E-state index in [0.29, 0.717) is 11.4 Å². The molecule has 1 saturated heterocycles. The Morgan fingerprint density at radius 2 is 1.78 bits per heavy atom. The van der Waals surface area contributed by atoms with Crippen molar-refractivity contribution in [2.75, 3.05) is 23.3 Å². The summed E-state index contributed by atoms with van der Waals surface area (Å²) in [5.74, 6) is -1.07. The number of aryl methyl sites for hydroxylation is 1. The van der Waals surface area contributed by atoms with E-state index in [1.807, 2.05) is 24.3 Å². The van der Waals surface area contributed by atoms with Gasteiger partial charge in [0.25, 0.3) is 5.91 Å². The van der Waals surface area contributed by atoms with E-state index in [4.69, 9.17) is 4.74 Å². The number of piperidine rings is 1. The number of anilines is 2. The summed E-state index contributed by atoms with van der Waals surface area (Å²) in [4.78, 5) is 34.6. The molecule has 2 heterocycles. The maximum Gasteiger partial charge on any atom is 0.359 e. The van der Waals surface area contributed by atoms with Gasteiger partial charge in [-0.1, -0.05) is 0 Å². The summed E-state index contributed by atoms with van der Waals surface area (Å²) in [6, 6.07) is 7.72. The number of nitrogens with zero attached hydrogens (tertiary/aromatic N) is 3. The molecule has 0 unspecified atom stereocenters. The number of amides is 1. The molecule has 1 aromatic carbocycles. The van der Waals surface area contributed by atoms with E-state index in [1.54, 1.807) is 6.92 Å². The van der Waals surface area contributed by atoms with Crippen LogP contribution in [-0.2, 0) is 9.53 Å². The number of carbonyl (C=O) groups is 2. The third-order valence-corrected chi connectivity index (χ3v) is 4.50. The van der Waals surface area contributed by atoms with Crippen LogP contribution in [0, 0.1) is 6.92 Å². The number of carbonyl (C=O) groups excluding carboxylic acids is 2. The second-order valence-corrected chi connectivity index (χ2v) is 6.67. The van der Waals surface area contributed by atoms with Crippen LogP contribution in [0.15, 0.2) is 36.7 Å². The third kappa shape index (κ3) is 5.03. The fourth-order valence-corrected chi connectivity index (χ4v) is 2.92. The summed E-state index contributed by atoms with van der Waals surface area (Å²) in [6.45, 7) is 5.44. The predicted octanol–water partition coefficient (Wildman–Crippen LogP) is 2.96. The van der Waals surface area contributed by atoms with Crippen LogP contribution >= 0.6 is 0 Å². The van der Waals surface area contributed by atoms with Crippen molar-refractivity contribution in [3.05, 3.63) is 48.0 Å². The molecule has 0 aliphatic carbocycles. The Bertz CT molecular complexity index is 784. The van der Waals surface area contributed by atoms with Crippen LogP contribution in [0.3, 0.4) is 0 Å². The minimum atomic E-state index is -0.942. The number of esters is 1. The van der Waals surface area contributed by atoms with Crippen LogP contribution < -0.4 is 10.2 Å². The molecule has 7 nitrogen and oxygen atoms in total. The van der Waals surface area contributed by atoms with Gasteiger partial charge in [-0.3, -0.25) is 9.78 Å². The smallest absolute Gasteiger partial charge is 0.359 e. The van der Waals surface area contributed by atoms with Crippen LogP contribution in [-0.4, -0.2) is 41.0 Å². The number of rotatable bonds is 5. The minimum absolute atomic E-state index is 0.0751. The highest BCUT2D eigenvalue weighted by Crippen LogP contribution is 2.22. The van der Waals surface area contributed by atoms with Crippen molar-refractivity contribution in [1.82, 2.24) is 9.97 Å². The van der Waals surface area contributed by atoms with Gasteiger partial charge in [0.15, 0.2) is 11.8 Å². The predicted molar refractivity (Wildman–Crippen MR) is 103 cm³/mol. The topological polar surface area (TPSA) is 84.4 Å². The standard InChI is InChI=1S/C20H24N4O3/c1-14-12-22-18(13-21-14)20(26)27-15(2)19(25)23-16-6-8-17(9-7-16)24-10-4-3-5-11-24/h6-9,12-13,15H,3-5,10-11H2,1-2H3,(H,23,25)/t15-/m1/s1. The van der Waals surface area contributed by atoms with E-state index in [1.165, 1.54) is 38.6 Å². The second-order valence-electron chi connectivity index (χ2n) is 6.67. The first-order chi connectivity index (χ1) is 13.0. The maximum absolute atomic E-state index is 12.3. The van der Waals surface area contributed by atoms with Crippen LogP contribution in [0.2, 0.25) is 0 Å². The molecule has 1 aliphatic rings. The van der Waals surface area contributed by atoms with E-state index in [-0.39, 0.29) is 5.69 Å². The molecule has 0 radical (unpaired) electrons. The largest absolute Gasteiger partial charge is 0.448 e. The quantitative estimate of drug-likeness (QED) is 0.817. The Hall–Kier alpha value is -2.96. The van der Waals surface area contributed by atoms with Gasteiger partial charge in [-0.25, -0.2) is 9.78 Å². The highest BCUT2D eigenvalue weighted by Gasteiger charge is 2.20. The molecule has 7 heteroatoms. The summed E-state index contributed by atoms with van der Waals surface area (Å²) in [7, 11) is 0. The molecule has 0 bridgehead atoms. The molecule has 1 atom stereocenters. The van der Waals surface area contributed by atoms with Gasteiger partial charge in [0.05, 0.1) is 11.9 Å². The summed E-state index contributed by atoms with van der Waals surface area (Å²) in [5, 5.41) is 2.77. The molecule has 3 rings (SSSR count). The molecular weight excluding hydrogens is 344 g/mol. The summed E-state index contributed by atoms with van der Waals surface area (Å²) in [6.07, 6.45) is 5.59. The summed E-state index contributed by atoms with van der Waals surface area (Å²) in [5.41, 5.74) is 2.60. The first kappa shape index (κ1) is 18.8. The van der Waals surface area contributed by atoms with Crippen LogP contribution in [0.1, 0.15) is 42.4 Å². The summed E-state index contributed by atoms with van der Waals surface area (Å²) >= 11 is 0. The van der Waals surface area contributed by atoms with Gasteiger partial charge >= 0.3 is 5.97 Å². The number of nitrogens with one attached hydrogen (secondary N) is 1. The Morgan fingerprint density at radius 1 is 1.07 bits per heavy atom. The van der Waals surface area contributed by atoms with Gasteiger partial charge in [-0.2, -0.15) is 0 Å². The van der Waals surface area contributed by atoms with Crippen LogP contribution in [0.4, 0.5) is 11.4 Å². The molecule has 2 aromatic rings. The number of aromatic nitrogens is 2. The van der Waals surface area contributed by atoms with E-state index in [2.05, 4.69) is 20.2 Å². The van der Waals surface area contributed by atoms with Crippen molar-refractivity contribution in [1.29, 1.82) is 0 Å². The molecule has 142 valence electrons. The monoisotopic (exact) mass is 368 g/mol. The van der Waals surface area contributed by atoms with Crippen molar-refractivity contribution in [3.8, 4) is 0 Å². The fraction of sp³-hybridized carbons (Fsp3) is 0.400. The van der Waals surface area contributed by atoms with Gasteiger partial charge in [-0.15, -0.1) is 0 Å². The average Bonchev–Trinajstić information content (AvgIpc) is 2.69.